The van der Waals surface area contributed by atoms with Crippen molar-refractivity contribution in [2.75, 3.05) is 72.5 Å². The van der Waals surface area contributed by atoms with Gasteiger partial charge >= 0.3 is 45.7 Å². The highest BCUT2D eigenvalue weighted by Crippen LogP contribution is 2.44. The van der Waals surface area contributed by atoms with Crippen LogP contribution in [0.3, 0.4) is 0 Å². The minimum Gasteiger partial charge on any atom is -0.462 e. The molecule has 0 aliphatic heterocycles. The van der Waals surface area contributed by atoms with Crippen molar-refractivity contribution >= 4 is 51.6 Å². The maximum atomic E-state index is 13.2. The van der Waals surface area contributed by atoms with Crippen LogP contribution < -0.4 is 31.9 Å². The number of hydrogen-bond acceptors (Lipinski definition) is 16. The monoisotopic (exact) mass is 1570 g/mol. The lowest BCUT2D eigenvalue weighted by molar-refractivity contribution is -0.151. The largest absolute Gasteiger partial charge is 0.472 e. The molecule has 0 fully saturated rings. The van der Waals surface area contributed by atoms with Crippen LogP contribution in [-0.4, -0.2) is 143 Å². The van der Waals surface area contributed by atoms with Crippen LogP contribution in [0.15, 0.2) is 0 Å². The van der Waals surface area contributed by atoms with Crippen molar-refractivity contribution in [1.29, 1.82) is 0 Å². The fourth-order valence-corrected chi connectivity index (χ4v) is 14.0. The predicted molar refractivity (Wildman–Crippen MR) is 430 cm³/mol. The van der Waals surface area contributed by atoms with Crippen molar-refractivity contribution in [2.45, 2.75) is 413 Å². The molecule has 0 saturated carbocycles. The predicted octanol–water partition coefficient (Wildman–Crippen LogP) is 20.5. The number of urea groups is 3. The SMILES string of the molecule is CCCCCCCCCCCCNC(=O)N[C@H](COCC[C@@H](CCCCCCC)OC(=O)CCCCCCCCCCC)COP(=O)(O)OCCNC(=O)NCCOP(=O)(O)OC[C@@H](COCC[C@@H](CCCCCCC)OC(=O)CCCCCCCCCCC)NC(=O)NC(=O)CCCCCCCCCCC. The van der Waals surface area contributed by atoms with Gasteiger partial charge in [-0.1, -0.05) is 305 Å². The Bertz CT molecular complexity index is 2200. The first-order chi connectivity index (χ1) is 51.9. The van der Waals surface area contributed by atoms with Gasteiger partial charge in [0, 0.05) is 51.7 Å². The molecule has 632 valence electrons. The van der Waals surface area contributed by atoms with Crippen LogP contribution in [0.4, 0.5) is 14.4 Å². The van der Waals surface area contributed by atoms with Gasteiger partial charge in [-0.05, 0) is 51.4 Å². The number of phosphoric ester groups is 2. The summed E-state index contributed by atoms with van der Waals surface area (Å²) in [5.41, 5.74) is 0. The Morgan fingerprint density at radius 1 is 0.299 bits per heavy atom. The molecule has 6 atom stereocenters. The van der Waals surface area contributed by atoms with Crippen molar-refractivity contribution in [1.82, 2.24) is 31.9 Å². The average Bonchev–Trinajstić information content (AvgIpc) is 0.916. The molecule has 0 aromatic carbocycles. The van der Waals surface area contributed by atoms with E-state index in [-0.39, 0.29) is 70.1 Å². The van der Waals surface area contributed by atoms with Crippen LogP contribution >= 0.6 is 15.6 Å². The smallest absolute Gasteiger partial charge is 0.462 e. The maximum absolute atomic E-state index is 13.2. The van der Waals surface area contributed by atoms with Gasteiger partial charge in [0.1, 0.15) is 12.2 Å². The standard InChI is InChI=1S/C81H160N6O18P2/c1-7-13-19-25-29-33-37-41-47-53-61-82-80(92)85-72(68-98-64-59-74(54-48-42-23-17-11-5)104-77(89)57-51-45-39-35-31-27-21-15-9-3)70-102-106(94,95)100-66-62-83-79(91)84-63-67-101-107(96,97)103-71-73(86-81(93)87-76(88)56-50-44-38-34-30-26-20-14-8-2)69-99-65-60-75(55-49-43-24-18-12-6)105-78(90)58-52-46-40-36-32-28-22-16-10-4/h72-75H,7-71H2,1-6H3,(H,94,95)(H,96,97)(H2,82,85,92)(H2,83,84,91)(H2,86,87,88,93)/t72-,73-,74-,75-/m1/s1. The lowest BCUT2D eigenvalue weighted by Crippen LogP contribution is -2.48. The minimum atomic E-state index is -4.81. The zero-order chi connectivity index (χ0) is 78.6. The number of carbonyl (C=O) groups excluding carboxylic acids is 6. The molecule has 0 saturated heterocycles. The molecule has 24 nitrogen and oxygen atoms in total. The number of esters is 2. The van der Waals surface area contributed by atoms with E-state index in [1.165, 1.54) is 141 Å². The van der Waals surface area contributed by atoms with Crippen molar-refractivity contribution in [2.24, 2.45) is 0 Å². The Labute approximate surface area is 650 Å². The lowest BCUT2D eigenvalue weighted by atomic mass is 10.1. The van der Waals surface area contributed by atoms with E-state index >= 15 is 0 Å². The second kappa shape index (κ2) is 76.5. The van der Waals surface area contributed by atoms with Crippen LogP contribution in [0.5, 0.6) is 0 Å². The number of imide groups is 1. The molecule has 107 heavy (non-hydrogen) atoms. The second-order valence-corrected chi connectivity index (χ2v) is 32.4. The van der Waals surface area contributed by atoms with Crippen molar-refractivity contribution in [3.05, 3.63) is 0 Å². The number of ether oxygens (including phenoxy) is 4. The third-order valence-corrected chi connectivity index (χ3v) is 21.0. The Morgan fingerprint density at radius 2 is 0.589 bits per heavy atom. The van der Waals surface area contributed by atoms with Crippen molar-refractivity contribution in [3.63, 3.8) is 0 Å². The van der Waals surface area contributed by atoms with Gasteiger partial charge in [0.2, 0.25) is 5.91 Å². The van der Waals surface area contributed by atoms with E-state index in [0.29, 0.717) is 51.5 Å². The number of phosphoric acid groups is 2. The number of carbonyl (C=O) groups is 6. The van der Waals surface area contributed by atoms with Gasteiger partial charge in [0.05, 0.1) is 64.9 Å². The number of unbranched alkanes of at least 4 members (excludes halogenated alkanes) is 41. The van der Waals surface area contributed by atoms with Gasteiger partial charge in [-0.3, -0.25) is 37.8 Å². The van der Waals surface area contributed by atoms with Gasteiger partial charge < -0.3 is 55.3 Å². The minimum absolute atomic E-state index is 0.0832. The summed E-state index contributed by atoms with van der Waals surface area (Å²) >= 11 is 0. The highest BCUT2D eigenvalue weighted by Gasteiger charge is 2.28. The number of nitrogens with one attached hydrogen (secondary N) is 6. The summed E-state index contributed by atoms with van der Waals surface area (Å²) in [5.74, 6) is -0.911. The van der Waals surface area contributed by atoms with Gasteiger partial charge in [-0.15, -0.1) is 0 Å². The van der Waals surface area contributed by atoms with Crippen LogP contribution in [0, 0.1) is 0 Å². The molecule has 0 bridgehead atoms. The number of rotatable bonds is 81. The molecule has 0 rings (SSSR count). The summed E-state index contributed by atoms with van der Waals surface area (Å²) in [6.07, 6.45) is 54.6. The first kappa shape index (κ1) is 104. The normalized spacial score (nSPS) is 13.8. The molecule has 0 aliphatic rings. The highest BCUT2D eigenvalue weighted by molar-refractivity contribution is 7.47. The Morgan fingerprint density at radius 3 is 0.935 bits per heavy atom. The molecule has 0 radical (unpaired) electrons. The van der Waals surface area contributed by atoms with Crippen molar-refractivity contribution in [3.8, 4) is 0 Å². The molecule has 0 heterocycles. The summed E-state index contributed by atoms with van der Waals surface area (Å²) in [7, 11) is -9.55. The summed E-state index contributed by atoms with van der Waals surface area (Å²) in [6, 6.07) is -3.99. The van der Waals surface area contributed by atoms with E-state index in [4.69, 9.17) is 37.0 Å². The third-order valence-electron chi connectivity index (χ3n) is 19.0. The van der Waals surface area contributed by atoms with Crippen LogP contribution in [0.2, 0.25) is 0 Å². The van der Waals surface area contributed by atoms with Crippen LogP contribution in [0.25, 0.3) is 0 Å². The molecule has 0 aromatic rings. The first-order valence-electron chi connectivity index (χ1n) is 43.4. The molecule has 0 aromatic heterocycles. The maximum Gasteiger partial charge on any atom is 0.472 e. The molecule has 0 spiro atoms. The van der Waals surface area contributed by atoms with Gasteiger partial charge in [-0.2, -0.15) is 0 Å². The second-order valence-electron chi connectivity index (χ2n) is 29.5. The Kier molecular flexibility index (Phi) is 74.1. The summed E-state index contributed by atoms with van der Waals surface area (Å²) in [5, 5.41) is 15.6. The van der Waals surface area contributed by atoms with Gasteiger partial charge in [0.25, 0.3) is 0 Å². The van der Waals surface area contributed by atoms with Gasteiger partial charge in [-0.25, -0.2) is 23.5 Å². The quantitative estimate of drug-likeness (QED) is 0.0159. The first-order valence-corrected chi connectivity index (χ1v) is 46.4. The highest BCUT2D eigenvalue weighted by atomic mass is 31.2. The van der Waals surface area contributed by atoms with E-state index in [9.17, 15) is 47.7 Å². The third kappa shape index (κ3) is 73.8. The number of hydrogen-bond donors (Lipinski definition) is 8. The molecular weight excluding hydrogens is 1410 g/mol. The zero-order valence-corrected chi connectivity index (χ0v) is 70.4. The Balaban J connectivity index is 5.62. The zero-order valence-electron chi connectivity index (χ0n) is 68.6. The van der Waals surface area contributed by atoms with Crippen LogP contribution in [0.1, 0.15) is 388 Å². The summed E-state index contributed by atoms with van der Waals surface area (Å²) in [6.45, 7) is 11.2. The summed E-state index contributed by atoms with van der Waals surface area (Å²) < 4.78 is 71.2. The Hall–Kier alpha value is -3.44. The van der Waals surface area contributed by atoms with Crippen molar-refractivity contribution < 1.29 is 84.7 Å². The number of amides is 7. The summed E-state index contributed by atoms with van der Waals surface area (Å²) in [4.78, 5) is 99.3. The fourth-order valence-electron chi connectivity index (χ4n) is 12.5. The molecule has 26 heteroatoms. The molecule has 7 amide bonds. The van der Waals surface area contributed by atoms with E-state index in [1.807, 2.05) is 0 Å². The molecule has 2 unspecified atom stereocenters. The van der Waals surface area contributed by atoms with E-state index in [0.717, 1.165) is 154 Å². The van der Waals surface area contributed by atoms with E-state index in [2.05, 4.69) is 73.4 Å². The molecule has 8 N–H and O–H groups in total. The van der Waals surface area contributed by atoms with Gasteiger partial charge in [0.15, 0.2) is 0 Å². The molecule has 0 aliphatic carbocycles. The lowest BCUT2D eigenvalue weighted by Gasteiger charge is -2.22. The van der Waals surface area contributed by atoms with Crippen LogP contribution in [-0.2, 0) is 60.6 Å². The fraction of sp³-hybridized carbons (Fsp3) is 0.926. The average molecular weight is 1570 g/mol. The molecular formula is C81H160N6O18P2. The van der Waals surface area contributed by atoms with E-state index in [1.54, 1.807) is 0 Å². The van der Waals surface area contributed by atoms with E-state index < -0.39 is 78.2 Å². The topological polar surface area (TPSA) is 323 Å².